The molecule has 3 heteroatoms. The Bertz CT molecular complexity index is 870. The minimum Gasteiger partial charge on any atom is -0.385 e. The van der Waals surface area contributed by atoms with E-state index in [2.05, 4.69) is 19.2 Å². The van der Waals surface area contributed by atoms with Crippen LogP contribution in [0.4, 0.5) is 10.1 Å². The summed E-state index contributed by atoms with van der Waals surface area (Å²) in [5.74, 6) is -0.212. The Balaban J connectivity index is 1.81. The Labute approximate surface area is 161 Å². The number of anilines is 1. The maximum absolute atomic E-state index is 14.8. The summed E-state index contributed by atoms with van der Waals surface area (Å²) in [5.41, 5.74) is 11.6. The number of halogens is 1. The van der Waals surface area contributed by atoms with Crippen molar-refractivity contribution in [1.29, 1.82) is 0 Å². The van der Waals surface area contributed by atoms with Gasteiger partial charge in [0.2, 0.25) is 0 Å². The Kier molecular flexibility index (Phi) is 6.25. The van der Waals surface area contributed by atoms with E-state index < -0.39 is 0 Å². The van der Waals surface area contributed by atoms with E-state index in [1.807, 2.05) is 60.7 Å². The number of hydrogen-bond donors (Lipinski definition) is 2. The van der Waals surface area contributed by atoms with Gasteiger partial charge < -0.3 is 11.1 Å². The van der Waals surface area contributed by atoms with Gasteiger partial charge in [0.15, 0.2) is 0 Å². The van der Waals surface area contributed by atoms with Gasteiger partial charge in [-0.2, -0.15) is 0 Å². The molecule has 0 aliphatic carbocycles. The smallest absolute Gasteiger partial charge is 0.131 e. The van der Waals surface area contributed by atoms with Gasteiger partial charge in [-0.25, -0.2) is 4.39 Å². The molecule has 0 bridgehead atoms. The normalized spacial score (nSPS) is 12.0. The minimum atomic E-state index is -0.212. The van der Waals surface area contributed by atoms with E-state index in [1.54, 1.807) is 6.07 Å². The molecule has 0 amide bonds. The average molecular weight is 362 g/mol. The van der Waals surface area contributed by atoms with E-state index in [0.717, 1.165) is 47.3 Å². The second-order valence-electron chi connectivity index (χ2n) is 6.84. The van der Waals surface area contributed by atoms with Gasteiger partial charge in [-0.05, 0) is 53.3 Å². The molecule has 2 nitrogen and oxygen atoms in total. The van der Waals surface area contributed by atoms with Crippen molar-refractivity contribution in [2.45, 2.75) is 32.7 Å². The number of hydrogen-bond acceptors (Lipinski definition) is 2. The lowest BCUT2D eigenvalue weighted by Gasteiger charge is -2.11. The molecule has 0 saturated carbocycles. The van der Waals surface area contributed by atoms with E-state index in [-0.39, 0.29) is 11.9 Å². The van der Waals surface area contributed by atoms with Gasteiger partial charge in [0.25, 0.3) is 0 Å². The number of nitrogens with one attached hydrogen (secondary N) is 1. The second-order valence-corrected chi connectivity index (χ2v) is 6.84. The Morgan fingerprint density at radius 1 is 0.852 bits per heavy atom. The number of benzene rings is 3. The van der Waals surface area contributed by atoms with Gasteiger partial charge in [0.1, 0.15) is 5.82 Å². The van der Waals surface area contributed by atoms with Crippen LogP contribution in [-0.4, -0.2) is 6.54 Å². The van der Waals surface area contributed by atoms with E-state index in [4.69, 9.17) is 5.73 Å². The lowest BCUT2D eigenvalue weighted by Crippen LogP contribution is -2.08. The van der Waals surface area contributed by atoms with Gasteiger partial charge in [0.05, 0.1) is 0 Å². The van der Waals surface area contributed by atoms with Crippen LogP contribution in [0.3, 0.4) is 0 Å². The average Bonchev–Trinajstić information content (AvgIpc) is 2.72. The van der Waals surface area contributed by atoms with Crippen molar-refractivity contribution in [1.82, 2.24) is 0 Å². The predicted molar refractivity (Wildman–Crippen MR) is 113 cm³/mol. The highest BCUT2D eigenvalue weighted by Gasteiger charge is 2.09. The molecule has 3 rings (SSSR count). The first-order chi connectivity index (χ1) is 13.1. The Morgan fingerprint density at radius 3 is 2.07 bits per heavy atom. The SMILES string of the molecule is CCCNc1ccc(-c2ccc(-c3ccc(C(N)CC)cc3)cc2F)cc1. The van der Waals surface area contributed by atoms with E-state index in [1.165, 1.54) is 0 Å². The first kappa shape index (κ1) is 19.1. The van der Waals surface area contributed by atoms with Gasteiger partial charge in [-0.3, -0.25) is 0 Å². The highest BCUT2D eigenvalue weighted by Crippen LogP contribution is 2.29. The van der Waals surface area contributed by atoms with Crippen molar-refractivity contribution >= 4 is 5.69 Å². The van der Waals surface area contributed by atoms with Gasteiger partial charge in [-0.1, -0.05) is 62.4 Å². The van der Waals surface area contributed by atoms with E-state index in [9.17, 15) is 4.39 Å². The first-order valence-corrected chi connectivity index (χ1v) is 9.62. The van der Waals surface area contributed by atoms with Crippen molar-refractivity contribution < 1.29 is 4.39 Å². The molecule has 27 heavy (non-hydrogen) atoms. The van der Waals surface area contributed by atoms with Crippen molar-refractivity contribution in [3.8, 4) is 22.3 Å². The molecule has 0 saturated heterocycles. The summed E-state index contributed by atoms with van der Waals surface area (Å²) < 4.78 is 14.8. The largest absolute Gasteiger partial charge is 0.385 e. The fraction of sp³-hybridized carbons (Fsp3) is 0.250. The standard InChI is InChI=1S/C24H27FN2/c1-3-15-27-21-12-9-18(10-13-21)22-14-11-20(16-23(22)25)17-5-7-19(8-6-17)24(26)4-2/h5-14,16,24,27H,3-4,15,26H2,1-2H3. The summed E-state index contributed by atoms with van der Waals surface area (Å²) in [7, 11) is 0. The molecule has 0 spiro atoms. The zero-order valence-corrected chi connectivity index (χ0v) is 16.0. The molecule has 0 radical (unpaired) electrons. The fourth-order valence-electron chi connectivity index (χ4n) is 3.12. The summed E-state index contributed by atoms with van der Waals surface area (Å²) in [6.45, 7) is 5.13. The molecule has 1 unspecified atom stereocenters. The molecule has 3 aromatic carbocycles. The maximum atomic E-state index is 14.8. The van der Waals surface area contributed by atoms with Crippen LogP contribution in [0, 0.1) is 5.82 Å². The van der Waals surface area contributed by atoms with Crippen molar-refractivity contribution in [2.24, 2.45) is 5.73 Å². The van der Waals surface area contributed by atoms with Gasteiger partial charge in [-0.15, -0.1) is 0 Å². The minimum absolute atomic E-state index is 0.0490. The monoisotopic (exact) mass is 362 g/mol. The molecule has 3 aromatic rings. The lowest BCUT2D eigenvalue weighted by atomic mass is 9.97. The summed E-state index contributed by atoms with van der Waals surface area (Å²) in [6, 6.07) is 21.4. The number of rotatable bonds is 7. The van der Waals surface area contributed by atoms with Crippen LogP contribution in [0.1, 0.15) is 38.3 Å². The predicted octanol–water partition coefficient (Wildman–Crippen LogP) is 6.39. The van der Waals surface area contributed by atoms with Crippen molar-refractivity contribution in [3.63, 3.8) is 0 Å². The summed E-state index contributed by atoms with van der Waals surface area (Å²) in [4.78, 5) is 0. The van der Waals surface area contributed by atoms with Crippen LogP contribution in [-0.2, 0) is 0 Å². The molecular formula is C24H27FN2. The molecule has 3 N–H and O–H groups in total. The molecule has 0 aliphatic rings. The molecule has 1 atom stereocenters. The van der Waals surface area contributed by atoms with Gasteiger partial charge in [0, 0.05) is 23.8 Å². The van der Waals surface area contributed by atoms with Crippen LogP contribution < -0.4 is 11.1 Å². The third kappa shape index (κ3) is 4.55. The molecule has 0 fully saturated rings. The Hall–Kier alpha value is -2.65. The highest BCUT2D eigenvalue weighted by molar-refractivity contribution is 5.72. The second kappa shape index (κ2) is 8.83. The summed E-state index contributed by atoms with van der Waals surface area (Å²) in [5, 5.41) is 3.33. The maximum Gasteiger partial charge on any atom is 0.131 e. The van der Waals surface area contributed by atoms with Crippen LogP contribution in [0.2, 0.25) is 0 Å². The molecule has 0 aromatic heterocycles. The molecule has 140 valence electrons. The third-order valence-corrected chi connectivity index (χ3v) is 4.86. The van der Waals surface area contributed by atoms with Crippen LogP contribution in [0.5, 0.6) is 0 Å². The van der Waals surface area contributed by atoms with Crippen LogP contribution in [0.25, 0.3) is 22.3 Å². The molecular weight excluding hydrogens is 335 g/mol. The number of nitrogens with two attached hydrogens (primary N) is 1. The summed E-state index contributed by atoms with van der Waals surface area (Å²) in [6.07, 6.45) is 1.97. The van der Waals surface area contributed by atoms with Crippen molar-refractivity contribution in [2.75, 3.05) is 11.9 Å². The zero-order valence-electron chi connectivity index (χ0n) is 16.0. The third-order valence-electron chi connectivity index (χ3n) is 4.86. The fourth-order valence-corrected chi connectivity index (χ4v) is 3.12. The van der Waals surface area contributed by atoms with Crippen LogP contribution in [0.15, 0.2) is 66.7 Å². The quantitative estimate of drug-likeness (QED) is 0.511. The van der Waals surface area contributed by atoms with Crippen LogP contribution >= 0.6 is 0 Å². The Morgan fingerprint density at radius 2 is 1.48 bits per heavy atom. The first-order valence-electron chi connectivity index (χ1n) is 9.62. The lowest BCUT2D eigenvalue weighted by molar-refractivity contribution is 0.632. The molecule has 0 heterocycles. The van der Waals surface area contributed by atoms with Crippen molar-refractivity contribution in [3.05, 3.63) is 78.1 Å². The summed E-state index contributed by atoms with van der Waals surface area (Å²) >= 11 is 0. The zero-order chi connectivity index (χ0) is 19.2. The highest BCUT2D eigenvalue weighted by atomic mass is 19.1. The van der Waals surface area contributed by atoms with E-state index >= 15 is 0 Å². The van der Waals surface area contributed by atoms with Gasteiger partial charge >= 0.3 is 0 Å². The molecule has 0 aliphatic heterocycles. The topological polar surface area (TPSA) is 38.0 Å². The van der Waals surface area contributed by atoms with E-state index in [0.29, 0.717) is 5.56 Å².